The predicted octanol–water partition coefficient (Wildman–Crippen LogP) is 6.04. The molecule has 0 radical (unpaired) electrons. The summed E-state index contributed by atoms with van der Waals surface area (Å²) in [6.45, 7) is 1.76. The summed E-state index contributed by atoms with van der Waals surface area (Å²) < 4.78 is 19.4. The Balaban J connectivity index is 1.49. The number of rotatable bonds is 8. The van der Waals surface area contributed by atoms with Crippen molar-refractivity contribution in [1.82, 2.24) is 5.32 Å². The third-order valence-electron chi connectivity index (χ3n) is 4.17. The van der Waals surface area contributed by atoms with Crippen molar-refractivity contribution in [2.24, 2.45) is 0 Å². The van der Waals surface area contributed by atoms with E-state index in [2.05, 4.69) is 5.32 Å². The van der Waals surface area contributed by atoms with Gasteiger partial charge in [-0.2, -0.15) is 0 Å². The average molecular weight is 404 g/mol. The van der Waals surface area contributed by atoms with E-state index in [0.717, 1.165) is 22.4 Å². The minimum absolute atomic E-state index is 0.157. The van der Waals surface area contributed by atoms with Gasteiger partial charge >= 0.3 is 0 Å². The third kappa shape index (κ3) is 5.96. The van der Waals surface area contributed by atoms with Crippen molar-refractivity contribution >= 4 is 23.2 Å². The molecule has 140 valence electrons. The number of halogens is 3. The van der Waals surface area contributed by atoms with Crippen molar-refractivity contribution in [1.29, 1.82) is 0 Å². The molecular weight excluding hydrogens is 384 g/mol. The second-order valence-electron chi connectivity index (χ2n) is 6.19. The van der Waals surface area contributed by atoms with Crippen molar-refractivity contribution in [3.05, 3.63) is 99.3 Å². The van der Waals surface area contributed by atoms with Gasteiger partial charge in [0.1, 0.15) is 18.2 Å². The van der Waals surface area contributed by atoms with Gasteiger partial charge in [-0.15, -0.1) is 0 Å². The van der Waals surface area contributed by atoms with Gasteiger partial charge in [0.05, 0.1) is 0 Å². The van der Waals surface area contributed by atoms with Gasteiger partial charge in [0.2, 0.25) is 0 Å². The maximum absolute atomic E-state index is 13.6. The Labute approximate surface area is 168 Å². The van der Waals surface area contributed by atoms with Crippen molar-refractivity contribution in [3.63, 3.8) is 0 Å². The Morgan fingerprint density at radius 3 is 2.56 bits per heavy atom. The van der Waals surface area contributed by atoms with Gasteiger partial charge in [0, 0.05) is 22.2 Å². The molecule has 0 saturated carbocycles. The van der Waals surface area contributed by atoms with Gasteiger partial charge in [-0.1, -0.05) is 59.6 Å². The summed E-state index contributed by atoms with van der Waals surface area (Å²) in [5, 5.41) is 4.53. The van der Waals surface area contributed by atoms with E-state index in [4.69, 9.17) is 27.9 Å². The molecule has 0 heterocycles. The molecule has 2 nitrogen and oxygen atoms in total. The molecule has 1 N–H and O–H groups in total. The van der Waals surface area contributed by atoms with Crippen molar-refractivity contribution in [2.45, 2.75) is 19.6 Å². The fourth-order valence-corrected chi connectivity index (χ4v) is 3.17. The van der Waals surface area contributed by atoms with Gasteiger partial charge in [0.25, 0.3) is 0 Å². The lowest BCUT2D eigenvalue weighted by Gasteiger charge is -2.10. The molecule has 0 bridgehead atoms. The molecule has 0 aliphatic carbocycles. The first-order chi connectivity index (χ1) is 13.1. The van der Waals surface area contributed by atoms with Crippen LogP contribution in [-0.4, -0.2) is 6.54 Å². The van der Waals surface area contributed by atoms with Crippen LogP contribution in [-0.2, 0) is 19.6 Å². The molecule has 0 saturated heterocycles. The summed E-state index contributed by atoms with van der Waals surface area (Å²) in [4.78, 5) is 0. The molecule has 0 atom stereocenters. The first kappa shape index (κ1) is 19.7. The van der Waals surface area contributed by atoms with E-state index in [1.54, 1.807) is 18.2 Å². The van der Waals surface area contributed by atoms with Crippen LogP contribution in [0.25, 0.3) is 0 Å². The zero-order valence-corrected chi connectivity index (χ0v) is 16.2. The zero-order valence-electron chi connectivity index (χ0n) is 14.7. The molecule has 0 amide bonds. The molecule has 3 rings (SSSR count). The largest absolute Gasteiger partial charge is 0.489 e. The van der Waals surface area contributed by atoms with E-state index in [1.165, 1.54) is 6.07 Å². The number of benzene rings is 3. The normalized spacial score (nSPS) is 10.8. The number of nitrogens with one attached hydrogen (secondary N) is 1. The highest BCUT2D eigenvalue weighted by atomic mass is 35.5. The van der Waals surface area contributed by atoms with Crippen LogP contribution in [0.4, 0.5) is 4.39 Å². The standard InChI is InChI=1S/C22H20Cl2FNO/c23-19-9-8-18(21(24)13-19)15-27-20-6-3-4-16(12-20)14-26-11-10-17-5-1-2-7-22(17)25/h1-9,12-13,26H,10-11,14-15H2. The van der Waals surface area contributed by atoms with E-state index in [-0.39, 0.29) is 5.82 Å². The molecule has 3 aromatic carbocycles. The van der Waals surface area contributed by atoms with Crippen LogP contribution < -0.4 is 10.1 Å². The Bertz CT molecular complexity index is 901. The van der Waals surface area contributed by atoms with Crippen molar-refractivity contribution in [3.8, 4) is 5.75 Å². The lowest BCUT2D eigenvalue weighted by atomic mass is 10.1. The first-order valence-electron chi connectivity index (χ1n) is 8.71. The van der Waals surface area contributed by atoms with E-state index in [1.807, 2.05) is 42.5 Å². The number of hydrogen-bond donors (Lipinski definition) is 1. The molecule has 27 heavy (non-hydrogen) atoms. The molecule has 0 unspecified atom stereocenters. The van der Waals surface area contributed by atoms with Gasteiger partial charge in [0.15, 0.2) is 0 Å². The molecule has 0 spiro atoms. The maximum atomic E-state index is 13.6. The predicted molar refractivity (Wildman–Crippen MR) is 109 cm³/mol. The smallest absolute Gasteiger partial charge is 0.126 e. The average Bonchev–Trinajstić information content (AvgIpc) is 2.66. The lowest BCUT2D eigenvalue weighted by molar-refractivity contribution is 0.306. The van der Waals surface area contributed by atoms with Crippen LogP contribution >= 0.6 is 23.2 Å². The molecule has 5 heteroatoms. The van der Waals surface area contributed by atoms with Crippen LogP contribution in [0.2, 0.25) is 10.0 Å². The molecule has 0 fully saturated rings. The van der Waals surface area contributed by atoms with E-state index in [9.17, 15) is 4.39 Å². The maximum Gasteiger partial charge on any atom is 0.126 e. The Hall–Kier alpha value is -2.07. The summed E-state index contributed by atoms with van der Waals surface area (Å²) in [7, 11) is 0. The van der Waals surface area contributed by atoms with Crippen LogP contribution in [0.1, 0.15) is 16.7 Å². The van der Waals surface area contributed by atoms with Crippen molar-refractivity contribution in [2.75, 3.05) is 6.54 Å². The fourth-order valence-electron chi connectivity index (χ4n) is 2.70. The molecule has 3 aromatic rings. The second-order valence-corrected chi connectivity index (χ2v) is 7.03. The quantitative estimate of drug-likeness (QED) is 0.462. The first-order valence-corrected chi connectivity index (χ1v) is 9.47. The van der Waals surface area contributed by atoms with Crippen molar-refractivity contribution < 1.29 is 9.13 Å². The highest BCUT2D eigenvalue weighted by Crippen LogP contribution is 2.23. The number of ether oxygens (including phenoxy) is 1. The SMILES string of the molecule is Fc1ccccc1CCNCc1cccc(OCc2ccc(Cl)cc2Cl)c1. The zero-order chi connectivity index (χ0) is 19.1. The second kappa shape index (κ2) is 9.75. The van der Waals surface area contributed by atoms with Gasteiger partial charge in [-0.05, 0) is 54.4 Å². The molecule has 0 aromatic heterocycles. The monoisotopic (exact) mass is 403 g/mol. The Morgan fingerprint density at radius 1 is 0.889 bits per heavy atom. The van der Waals surface area contributed by atoms with E-state index < -0.39 is 0 Å². The molecule has 0 aliphatic heterocycles. The summed E-state index contributed by atoms with van der Waals surface area (Å²) in [5.41, 5.74) is 2.71. The van der Waals surface area contributed by atoms with Crippen LogP contribution in [0.15, 0.2) is 66.7 Å². The Morgan fingerprint density at radius 2 is 1.74 bits per heavy atom. The van der Waals surface area contributed by atoms with Crippen LogP contribution in [0.5, 0.6) is 5.75 Å². The molecular formula is C22H20Cl2FNO. The summed E-state index contributed by atoms with van der Waals surface area (Å²) in [5.74, 6) is 0.616. The summed E-state index contributed by atoms with van der Waals surface area (Å²) in [6.07, 6.45) is 0.651. The highest BCUT2D eigenvalue weighted by molar-refractivity contribution is 6.35. The van der Waals surface area contributed by atoms with Crippen LogP contribution in [0.3, 0.4) is 0 Å². The van der Waals surface area contributed by atoms with Crippen LogP contribution in [0, 0.1) is 5.82 Å². The number of hydrogen-bond acceptors (Lipinski definition) is 2. The topological polar surface area (TPSA) is 21.3 Å². The minimum Gasteiger partial charge on any atom is -0.489 e. The van der Waals surface area contributed by atoms with Gasteiger partial charge in [-0.3, -0.25) is 0 Å². The van der Waals surface area contributed by atoms with Gasteiger partial charge < -0.3 is 10.1 Å². The van der Waals surface area contributed by atoms with E-state index >= 15 is 0 Å². The van der Waals surface area contributed by atoms with Gasteiger partial charge in [-0.25, -0.2) is 4.39 Å². The van der Waals surface area contributed by atoms with E-state index in [0.29, 0.717) is 36.2 Å². The summed E-state index contributed by atoms with van der Waals surface area (Å²) >= 11 is 12.1. The minimum atomic E-state index is -0.157. The third-order valence-corrected chi connectivity index (χ3v) is 4.75. The Kier molecular flexibility index (Phi) is 7.11. The fraction of sp³-hybridized carbons (Fsp3) is 0.182. The lowest BCUT2D eigenvalue weighted by Crippen LogP contribution is -2.17. The summed E-state index contributed by atoms with van der Waals surface area (Å²) in [6, 6.07) is 20.1. The highest BCUT2D eigenvalue weighted by Gasteiger charge is 2.04. The molecule has 0 aliphatic rings.